The van der Waals surface area contributed by atoms with Gasteiger partial charge in [0.15, 0.2) is 0 Å². The molecule has 6 nitrogen and oxygen atoms in total. The minimum absolute atomic E-state index is 0.00198. The van der Waals surface area contributed by atoms with E-state index in [2.05, 4.69) is 9.44 Å². The zero-order valence-corrected chi connectivity index (χ0v) is 17.0. The number of hydrogen-bond acceptors (Lipinski definition) is 4. The van der Waals surface area contributed by atoms with E-state index < -0.39 is 42.5 Å². The molecule has 3 aromatic rings. The zero-order chi connectivity index (χ0) is 22.9. The van der Waals surface area contributed by atoms with Crippen molar-refractivity contribution in [2.75, 3.05) is 9.44 Å². The van der Waals surface area contributed by atoms with Gasteiger partial charge in [-0.2, -0.15) is 13.2 Å². The molecular formula is C19H14F4N2O4S2. The van der Waals surface area contributed by atoms with Gasteiger partial charge in [-0.15, -0.1) is 0 Å². The Balaban J connectivity index is 1.77. The Bertz CT molecular complexity index is 1290. The summed E-state index contributed by atoms with van der Waals surface area (Å²) in [6.07, 6.45) is -4.70. The summed E-state index contributed by atoms with van der Waals surface area (Å²) in [5.41, 5.74) is -1.02. The van der Waals surface area contributed by atoms with Gasteiger partial charge in [0.25, 0.3) is 20.0 Å². The van der Waals surface area contributed by atoms with Crippen molar-refractivity contribution in [3.05, 3.63) is 84.2 Å². The molecule has 0 saturated carbocycles. The largest absolute Gasteiger partial charge is 0.416 e. The molecule has 164 valence electrons. The molecule has 0 heterocycles. The molecule has 0 bridgehead atoms. The molecule has 31 heavy (non-hydrogen) atoms. The van der Waals surface area contributed by atoms with Crippen LogP contribution in [0.2, 0.25) is 0 Å². The van der Waals surface area contributed by atoms with Gasteiger partial charge in [-0.1, -0.05) is 6.07 Å². The highest BCUT2D eigenvalue weighted by Crippen LogP contribution is 2.31. The molecule has 0 radical (unpaired) electrons. The number of sulfonamides is 2. The van der Waals surface area contributed by atoms with Crippen molar-refractivity contribution in [1.82, 2.24) is 0 Å². The van der Waals surface area contributed by atoms with Crippen LogP contribution in [0.15, 0.2) is 82.6 Å². The lowest BCUT2D eigenvalue weighted by Crippen LogP contribution is -2.15. The monoisotopic (exact) mass is 474 g/mol. The van der Waals surface area contributed by atoms with Crippen LogP contribution in [-0.2, 0) is 26.2 Å². The molecule has 0 aromatic heterocycles. The van der Waals surface area contributed by atoms with Gasteiger partial charge in [0.1, 0.15) is 5.82 Å². The average Bonchev–Trinajstić information content (AvgIpc) is 2.69. The number of hydrogen-bond donors (Lipinski definition) is 2. The molecule has 0 spiro atoms. The second-order valence-electron chi connectivity index (χ2n) is 6.27. The number of benzene rings is 3. The Labute approximate surface area is 175 Å². The fraction of sp³-hybridized carbons (Fsp3) is 0.0526. The molecule has 2 N–H and O–H groups in total. The topological polar surface area (TPSA) is 92.3 Å². The molecule has 3 rings (SSSR count). The van der Waals surface area contributed by atoms with Crippen LogP contribution >= 0.6 is 0 Å². The van der Waals surface area contributed by atoms with Crippen molar-refractivity contribution in [2.45, 2.75) is 16.0 Å². The minimum Gasteiger partial charge on any atom is -0.280 e. The highest BCUT2D eigenvalue weighted by molar-refractivity contribution is 7.93. The lowest BCUT2D eigenvalue weighted by molar-refractivity contribution is -0.137. The maximum atomic E-state index is 13.0. The minimum atomic E-state index is -4.70. The van der Waals surface area contributed by atoms with Gasteiger partial charge < -0.3 is 0 Å². The number of rotatable bonds is 6. The summed E-state index contributed by atoms with van der Waals surface area (Å²) in [6.45, 7) is 0. The van der Waals surface area contributed by atoms with E-state index in [1.807, 2.05) is 0 Å². The molecule has 0 saturated heterocycles. The van der Waals surface area contributed by atoms with E-state index in [9.17, 15) is 34.4 Å². The third-order valence-electron chi connectivity index (χ3n) is 3.98. The molecule has 12 heteroatoms. The first-order chi connectivity index (χ1) is 14.4. The molecule has 0 unspecified atom stereocenters. The number of halogens is 4. The van der Waals surface area contributed by atoms with Gasteiger partial charge in [0.2, 0.25) is 0 Å². The third kappa shape index (κ3) is 5.52. The van der Waals surface area contributed by atoms with Crippen molar-refractivity contribution < 1.29 is 34.4 Å². The van der Waals surface area contributed by atoms with Crippen molar-refractivity contribution in [1.29, 1.82) is 0 Å². The van der Waals surface area contributed by atoms with Crippen LogP contribution in [0.25, 0.3) is 0 Å². The molecule has 0 fully saturated rings. The Hall–Kier alpha value is -3.12. The fourth-order valence-corrected chi connectivity index (χ4v) is 4.65. The van der Waals surface area contributed by atoms with Crippen LogP contribution < -0.4 is 9.44 Å². The lowest BCUT2D eigenvalue weighted by atomic mass is 10.2. The van der Waals surface area contributed by atoms with Crippen LogP contribution in [0.3, 0.4) is 0 Å². The van der Waals surface area contributed by atoms with E-state index in [0.717, 1.165) is 42.5 Å². The Morgan fingerprint density at radius 2 is 1.13 bits per heavy atom. The first-order valence-electron chi connectivity index (χ1n) is 8.45. The van der Waals surface area contributed by atoms with Crippen molar-refractivity contribution in [2.24, 2.45) is 0 Å². The number of alkyl halides is 3. The average molecular weight is 474 g/mol. The molecular weight excluding hydrogens is 460 g/mol. The normalized spacial score (nSPS) is 12.4. The fourth-order valence-electron chi connectivity index (χ4n) is 2.49. The molecule has 0 atom stereocenters. The van der Waals surface area contributed by atoms with Crippen LogP contribution in [-0.4, -0.2) is 16.8 Å². The SMILES string of the molecule is O=S(=O)(Nc1ccc(NS(=O)(=O)c2cccc(C(F)(F)F)c2)cc1)c1ccc(F)cc1. The van der Waals surface area contributed by atoms with Gasteiger partial charge in [-0.05, 0) is 66.7 Å². The van der Waals surface area contributed by atoms with Crippen molar-refractivity contribution in [3.8, 4) is 0 Å². The van der Waals surface area contributed by atoms with Gasteiger partial charge in [0, 0.05) is 11.4 Å². The van der Waals surface area contributed by atoms with E-state index in [-0.39, 0.29) is 16.3 Å². The van der Waals surface area contributed by atoms with E-state index in [1.165, 1.54) is 24.3 Å². The standard InChI is InChI=1S/C19H14F4N2O4S2/c20-14-4-10-17(11-5-14)30(26,27)24-15-6-8-16(9-7-15)25-31(28,29)18-3-1-2-13(12-18)19(21,22)23/h1-12,24-25H. The summed E-state index contributed by atoms with van der Waals surface area (Å²) >= 11 is 0. The maximum absolute atomic E-state index is 13.0. The van der Waals surface area contributed by atoms with Gasteiger partial charge >= 0.3 is 6.18 Å². The second-order valence-corrected chi connectivity index (χ2v) is 9.63. The van der Waals surface area contributed by atoms with Crippen LogP contribution in [0.5, 0.6) is 0 Å². The summed E-state index contributed by atoms with van der Waals surface area (Å²) in [5.74, 6) is -0.601. The van der Waals surface area contributed by atoms with Gasteiger partial charge in [-0.3, -0.25) is 9.44 Å². The van der Waals surface area contributed by atoms with Gasteiger partial charge in [-0.25, -0.2) is 21.2 Å². The van der Waals surface area contributed by atoms with E-state index in [4.69, 9.17) is 0 Å². The maximum Gasteiger partial charge on any atom is 0.416 e. The first kappa shape index (κ1) is 22.6. The van der Waals surface area contributed by atoms with E-state index in [1.54, 1.807) is 0 Å². The summed E-state index contributed by atoms with van der Waals surface area (Å²) in [6, 6.07) is 12.4. The molecule has 0 aliphatic rings. The highest BCUT2D eigenvalue weighted by Gasteiger charge is 2.31. The van der Waals surface area contributed by atoms with Crippen LogP contribution in [0.1, 0.15) is 5.56 Å². The zero-order valence-electron chi connectivity index (χ0n) is 15.4. The van der Waals surface area contributed by atoms with Gasteiger partial charge in [0.05, 0.1) is 15.4 Å². The Morgan fingerprint density at radius 3 is 1.61 bits per heavy atom. The Morgan fingerprint density at radius 1 is 0.645 bits per heavy atom. The molecule has 0 amide bonds. The number of anilines is 2. The summed E-state index contributed by atoms with van der Waals surface area (Å²) in [7, 11) is -8.32. The quantitative estimate of drug-likeness (QED) is 0.517. The number of nitrogens with one attached hydrogen (secondary N) is 2. The summed E-state index contributed by atoms with van der Waals surface area (Å²) in [4.78, 5) is -0.758. The molecule has 3 aromatic carbocycles. The van der Waals surface area contributed by atoms with Crippen LogP contribution in [0.4, 0.5) is 28.9 Å². The first-order valence-corrected chi connectivity index (χ1v) is 11.4. The second kappa shape index (κ2) is 8.19. The summed E-state index contributed by atoms with van der Waals surface area (Å²) in [5, 5.41) is 0. The van der Waals surface area contributed by atoms with Crippen molar-refractivity contribution in [3.63, 3.8) is 0 Å². The third-order valence-corrected chi connectivity index (χ3v) is 6.76. The predicted octanol–water partition coefficient (Wildman–Crippen LogP) is 4.45. The highest BCUT2D eigenvalue weighted by atomic mass is 32.2. The predicted molar refractivity (Wildman–Crippen MR) is 106 cm³/mol. The smallest absolute Gasteiger partial charge is 0.280 e. The van der Waals surface area contributed by atoms with Crippen LogP contribution in [0, 0.1) is 5.82 Å². The summed E-state index contributed by atoms with van der Waals surface area (Å²) < 4.78 is 105. The Kier molecular flexibility index (Phi) is 5.96. The molecule has 0 aliphatic carbocycles. The lowest BCUT2D eigenvalue weighted by Gasteiger charge is -2.12. The van der Waals surface area contributed by atoms with E-state index >= 15 is 0 Å². The van der Waals surface area contributed by atoms with E-state index in [0.29, 0.717) is 6.07 Å². The molecule has 0 aliphatic heterocycles. The van der Waals surface area contributed by atoms with Crippen molar-refractivity contribution >= 4 is 31.4 Å².